The molecule has 162 valence electrons. The molecule has 0 bridgehead atoms. The molecule has 1 aromatic carbocycles. The van der Waals surface area contributed by atoms with Gasteiger partial charge in [0.1, 0.15) is 17.1 Å². The maximum absolute atomic E-state index is 12.3. The molecule has 8 nitrogen and oxygen atoms in total. The van der Waals surface area contributed by atoms with Gasteiger partial charge in [0.25, 0.3) is 0 Å². The van der Waals surface area contributed by atoms with Crippen molar-refractivity contribution in [3.63, 3.8) is 0 Å². The smallest absolute Gasteiger partial charge is 0.341 e. The lowest BCUT2D eigenvalue weighted by Gasteiger charge is -2.22. The Labute approximate surface area is 176 Å². The number of amides is 1. The summed E-state index contributed by atoms with van der Waals surface area (Å²) in [6.07, 6.45) is 1.48. The molecule has 0 aliphatic rings. The Morgan fingerprint density at radius 2 is 1.93 bits per heavy atom. The number of benzene rings is 1. The number of aromatic nitrogens is 2. The second-order valence-corrected chi connectivity index (χ2v) is 7.92. The zero-order chi connectivity index (χ0) is 22.5. The first-order valence-electron chi connectivity index (χ1n) is 9.82. The molecular weight excluding hydrogens is 386 g/mol. The van der Waals surface area contributed by atoms with E-state index in [0.29, 0.717) is 11.3 Å². The molecule has 30 heavy (non-hydrogen) atoms. The van der Waals surface area contributed by atoms with E-state index in [-0.39, 0.29) is 13.2 Å². The van der Waals surface area contributed by atoms with Crippen LogP contribution >= 0.6 is 0 Å². The molecule has 0 spiro atoms. The second kappa shape index (κ2) is 9.56. The van der Waals surface area contributed by atoms with E-state index in [1.165, 1.54) is 13.1 Å². The number of nitrogens with zero attached hydrogens (tertiary/aromatic N) is 2. The summed E-state index contributed by atoms with van der Waals surface area (Å²) < 4.78 is 12.0. The van der Waals surface area contributed by atoms with Crippen molar-refractivity contribution < 1.29 is 23.9 Å². The monoisotopic (exact) mass is 415 g/mol. The zero-order valence-electron chi connectivity index (χ0n) is 18.3. The largest absolute Gasteiger partial charge is 0.462 e. The third-order valence-corrected chi connectivity index (χ3v) is 4.25. The van der Waals surface area contributed by atoms with Crippen molar-refractivity contribution in [3.8, 4) is 11.3 Å². The van der Waals surface area contributed by atoms with Crippen LogP contribution in [-0.4, -0.2) is 39.8 Å². The molecule has 0 saturated heterocycles. The van der Waals surface area contributed by atoms with Gasteiger partial charge in [0.15, 0.2) is 0 Å². The number of ether oxygens (including phenoxy) is 2. The molecule has 0 aliphatic carbocycles. The highest BCUT2D eigenvalue weighted by atomic mass is 16.6. The molecule has 2 aromatic rings. The van der Waals surface area contributed by atoms with Crippen LogP contribution in [0.1, 0.15) is 50.5 Å². The topological polar surface area (TPSA) is 99.5 Å². The van der Waals surface area contributed by atoms with Crippen molar-refractivity contribution in [2.45, 2.75) is 46.8 Å². The molecule has 0 aliphatic heterocycles. The predicted molar refractivity (Wildman–Crippen MR) is 111 cm³/mol. The summed E-state index contributed by atoms with van der Waals surface area (Å²) in [5.41, 5.74) is 1.93. The van der Waals surface area contributed by atoms with Crippen LogP contribution in [0, 0.1) is 5.92 Å². The van der Waals surface area contributed by atoms with Gasteiger partial charge in [0.05, 0.1) is 18.5 Å². The van der Waals surface area contributed by atoms with Crippen LogP contribution in [-0.2, 0) is 32.7 Å². The van der Waals surface area contributed by atoms with E-state index in [1.54, 1.807) is 39.4 Å². The summed E-state index contributed by atoms with van der Waals surface area (Å²) in [5, 5.41) is 6.92. The molecule has 1 aromatic heterocycles. The van der Waals surface area contributed by atoms with Crippen molar-refractivity contribution in [2.24, 2.45) is 13.0 Å². The van der Waals surface area contributed by atoms with E-state index < -0.39 is 29.4 Å². The average molecular weight is 415 g/mol. The highest BCUT2D eigenvalue weighted by Crippen LogP contribution is 2.25. The second-order valence-electron chi connectivity index (χ2n) is 7.92. The third-order valence-electron chi connectivity index (χ3n) is 4.25. The van der Waals surface area contributed by atoms with Gasteiger partial charge >= 0.3 is 11.9 Å². The molecule has 8 heteroatoms. The van der Waals surface area contributed by atoms with Gasteiger partial charge < -0.3 is 14.8 Å². The summed E-state index contributed by atoms with van der Waals surface area (Å²) in [7, 11) is 1.75. The van der Waals surface area contributed by atoms with Crippen LogP contribution in [0.25, 0.3) is 11.3 Å². The highest BCUT2D eigenvalue weighted by molar-refractivity contribution is 5.97. The number of hydrogen-bond donors (Lipinski definition) is 1. The summed E-state index contributed by atoms with van der Waals surface area (Å²) in [6, 6.07) is 7.39. The van der Waals surface area contributed by atoms with Crippen LogP contribution in [0.5, 0.6) is 0 Å². The molecule has 1 amide bonds. The Morgan fingerprint density at radius 3 is 2.57 bits per heavy atom. The first kappa shape index (κ1) is 23.1. The fourth-order valence-electron chi connectivity index (χ4n) is 2.81. The summed E-state index contributed by atoms with van der Waals surface area (Å²) in [5.74, 6) is -2.34. The molecule has 2 rings (SSSR count). The van der Waals surface area contributed by atoms with E-state index >= 15 is 0 Å². The number of carbonyl (C=O) groups excluding carboxylic acids is 3. The SMILES string of the molecule is CCOC(=O)c1cnn(C)c1-c1cccc(CNC(=O)C(C)C(=O)OC(C)(C)C)c1. The first-order valence-corrected chi connectivity index (χ1v) is 9.82. The molecule has 1 unspecified atom stereocenters. The van der Waals surface area contributed by atoms with Gasteiger partial charge in [-0.25, -0.2) is 4.79 Å². The normalized spacial score (nSPS) is 12.2. The number of esters is 2. The van der Waals surface area contributed by atoms with Crippen molar-refractivity contribution in [1.29, 1.82) is 0 Å². The number of hydrogen-bond acceptors (Lipinski definition) is 6. The lowest BCUT2D eigenvalue weighted by molar-refractivity contribution is -0.161. The Balaban J connectivity index is 2.12. The number of nitrogens with one attached hydrogen (secondary N) is 1. The standard InChI is InChI=1S/C22H29N3O5/c1-7-29-21(28)17-13-24-25(6)18(17)16-10-8-9-15(11-16)12-23-19(26)14(2)20(27)30-22(3,4)5/h8-11,13-14H,7,12H2,1-6H3,(H,23,26). The Morgan fingerprint density at radius 1 is 1.23 bits per heavy atom. The predicted octanol–water partition coefficient (Wildman–Crippen LogP) is 2.86. The summed E-state index contributed by atoms with van der Waals surface area (Å²) >= 11 is 0. The van der Waals surface area contributed by atoms with Crippen LogP contribution in [0.3, 0.4) is 0 Å². The minimum atomic E-state index is -0.917. The van der Waals surface area contributed by atoms with Crippen molar-refractivity contribution in [3.05, 3.63) is 41.6 Å². The van der Waals surface area contributed by atoms with E-state index in [4.69, 9.17) is 9.47 Å². The first-order chi connectivity index (χ1) is 14.0. The molecule has 0 fully saturated rings. The van der Waals surface area contributed by atoms with E-state index in [0.717, 1.165) is 11.1 Å². The van der Waals surface area contributed by atoms with Gasteiger partial charge in [0.2, 0.25) is 5.91 Å². The van der Waals surface area contributed by atoms with Crippen molar-refractivity contribution in [2.75, 3.05) is 6.61 Å². The van der Waals surface area contributed by atoms with Gasteiger partial charge in [-0.05, 0) is 46.2 Å². The lowest BCUT2D eigenvalue weighted by Crippen LogP contribution is -2.37. The lowest BCUT2D eigenvalue weighted by atomic mass is 10.0. The molecule has 1 atom stereocenters. The molecule has 0 saturated carbocycles. The Kier molecular flexibility index (Phi) is 7.37. The number of carbonyl (C=O) groups is 3. The zero-order valence-corrected chi connectivity index (χ0v) is 18.3. The van der Waals surface area contributed by atoms with Gasteiger partial charge in [-0.2, -0.15) is 5.10 Å². The molecular formula is C22H29N3O5. The highest BCUT2D eigenvalue weighted by Gasteiger charge is 2.27. The minimum Gasteiger partial charge on any atom is -0.462 e. The number of aryl methyl sites for hydroxylation is 1. The minimum absolute atomic E-state index is 0.229. The van der Waals surface area contributed by atoms with Gasteiger partial charge in [-0.3, -0.25) is 14.3 Å². The van der Waals surface area contributed by atoms with Crippen LogP contribution in [0.4, 0.5) is 0 Å². The van der Waals surface area contributed by atoms with E-state index in [2.05, 4.69) is 10.4 Å². The maximum atomic E-state index is 12.3. The fraction of sp³-hybridized carbons (Fsp3) is 0.455. The van der Waals surface area contributed by atoms with Crippen LogP contribution in [0.2, 0.25) is 0 Å². The summed E-state index contributed by atoms with van der Waals surface area (Å²) in [6.45, 7) is 9.02. The Hall–Kier alpha value is -3.16. The van der Waals surface area contributed by atoms with Gasteiger partial charge in [-0.1, -0.05) is 18.2 Å². The van der Waals surface area contributed by atoms with Gasteiger partial charge in [0, 0.05) is 19.2 Å². The van der Waals surface area contributed by atoms with Crippen molar-refractivity contribution in [1.82, 2.24) is 15.1 Å². The molecule has 0 radical (unpaired) electrons. The molecule has 1 N–H and O–H groups in total. The average Bonchev–Trinajstić information content (AvgIpc) is 3.06. The Bertz CT molecular complexity index is 927. The fourth-order valence-corrected chi connectivity index (χ4v) is 2.81. The maximum Gasteiger partial charge on any atom is 0.341 e. The van der Waals surface area contributed by atoms with E-state index in [9.17, 15) is 14.4 Å². The van der Waals surface area contributed by atoms with Gasteiger partial charge in [-0.15, -0.1) is 0 Å². The summed E-state index contributed by atoms with van der Waals surface area (Å²) in [4.78, 5) is 36.6. The van der Waals surface area contributed by atoms with E-state index in [1.807, 2.05) is 24.3 Å². The number of rotatable bonds is 7. The molecule has 1 heterocycles. The third kappa shape index (κ3) is 5.92. The van der Waals surface area contributed by atoms with Crippen molar-refractivity contribution >= 4 is 17.8 Å². The van der Waals surface area contributed by atoms with Crippen LogP contribution in [0.15, 0.2) is 30.5 Å². The quantitative estimate of drug-likeness (QED) is 0.551. The van der Waals surface area contributed by atoms with Crippen LogP contribution < -0.4 is 5.32 Å².